The van der Waals surface area contributed by atoms with Gasteiger partial charge >= 0.3 is 12.1 Å². The lowest BCUT2D eigenvalue weighted by molar-refractivity contribution is -0.161. The first kappa shape index (κ1) is 28.6. The average Bonchev–Trinajstić information content (AvgIpc) is 3.09. The summed E-state index contributed by atoms with van der Waals surface area (Å²) in [6.45, 7) is 11.8. The number of rotatable bonds is 10. The number of likely N-dealkylation sites (tertiary alicyclic amines) is 1. The Labute approximate surface area is 210 Å². The SMILES string of the molecule is CCCC(C[C@H]1[C@H](NC(=O)OC)C[C@H](C(=O)OC(C)(C)C)N1Cc1ccccc1)C(C)NC(C)=O. The number of carbonyl (C=O) groups excluding carboxylic acids is 3. The van der Waals surface area contributed by atoms with Gasteiger partial charge < -0.3 is 20.1 Å². The lowest BCUT2D eigenvalue weighted by atomic mass is 9.87. The number of methoxy groups -OCH3 is 1. The van der Waals surface area contributed by atoms with E-state index in [9.17, 15) is 14.4 Å². The molecule has 0 aromatic heterocycles. The highest BCUT2D eigenvalue weighted by atomic mass is 16.6. The van der Waals surface area contributed by atoms with Crippen molar-refractivity contribution in [3.05, 3.63) is 35.9 Å². The number of nitrogens with one attached hydrogen (secondary N) is 2. The average molecular weight is 490 g/mol. The molecule has 0 spiro atoms. The second-order valence-corrected chi connectivity index (χ2v) is 10.5. The van der Waals surface area contributed by atoms with Crippen LogP contribution >= 0.6 is 0 Å². The molecule has 2 rings (SSSR count). The van der Waals surface area contributed by atoms with Gasteiger partial charge in [0.2, 0.25) is 5.91 Å². The molecule has 196 valence electrons. The molecule has 5 atom stereocenters. The summed E-state index contributed by atoms with van der Waals surface area (Å²) in [6, 6.07) is 9.00. The minimum atomic E-state index is -0.621. The molecule has 8 nitrogen and oxygen atoms in total. The van der Waals surface area contributed by atoms with Crippen LogP contribution in [0.15, 0.2) is 30.3 Å². The first-order chi connectivity index (χ1) is 16.4. The summed E-state index contributed by atoms with van der Waals surface area (Å²) in [4.78, 5) is 39.5. The molecule has 1 heterocycles. The number of alkyl carbamates (subject to hydrolysis) is 1. The third-order valence-electron chi connectivity index (χ3n) is 6.49. The lowest BCUT2D eigenvalue weighted by Crippen LogP contribution is -2.49. The summed E-state index contributed by atoms with van der Waals surface area (Å²) in [7, 11) is 1.34. The summed E-state index contributed by atoms with van der Waals surface area (Å²) in [5.41, 5.74) is 0.454. The maximum Gasteiger partial charge on any atom is 0.407 e. The topological polar surface area (TPSA) is 97.0 Å². The zero-order valence-corrected chi connectivity index (χ0v) is 22.3. The number of ether oxygens (including phenoxy) is 2. The fourth-order valence-electron chi connectivity index (χ4n) is 4.97. The minimum Gasteiger partial charge on any atom is -0.459 e. The van der Waals surface area contributed by atoms with Crippen LogP contribution in [0.3, 0.4) is 0 Å². The van der Waals surface area contributed by atoms with Gasteiger partial charge in [-0.15, -0.1) is 0 Å². The van der Waals surface area contributed by atoms with Gasteiger partial charge in [0.25, 0.3) is 0 Å². The molecule has 2 unspecified atom stereocenters. The van der Waals surface area contributed by atoms with E-state index >= 15 is 0 Å². The molecule has 8 heteroatoms. The van der Waals surface area contributed by atoms with Crippen LogP contribution in [-0.4, -0.2) is 59.7 Å². The maximum atomic E-state index is 13.3. The summed E-state index contributed by atoms with van der Waals surface area (Å²) in [5.74, 6) is -0.192. The van der Waals surface area contributed by atoms with Crippen molar-refractivity contribution in [1.29, 1.82) is 0 Å². The predicted molar refractivity (Wildman–Crippen MR) is 136 cm³/mol. The van der Waals surface area contributed by atoms with Crippen molar-refractivity contribution in [2.75, 3.05) is 7.11 Å². The molecule has 1 aromatic rings. The molecule has 1 fully saturated rings. The van der Waals surface area contributed by atoms with Crippen molar-refractivity contribution in [2.24, 2.45) is 5.92 Å². The van der Waals surface area contributed by atoms with Crippen molar-refractivity contribution >= 4 is 18.0 Å². The smallest absolute Gasteiger partial charge is 0.407 e. The van der Waals surface area contributed by atoms with Crippen LogP contribution in [0.25, 0.3) is 0 Å². The van der Waals surface area contributed by atoms with Crippen LogP contribution in [0, 0.1) is 5.92 Å². The first-order valence-electron chi connectivity index (χ1n) is 12.6. The lowest BCUT2D eigenvalue weighted by Gasteiger charge is -2.35. The number of hydrogen-bond donors (Lipinski definition) is 2. The highest BCUT2D eigenvalue weighted by molar-refractivity contribution is 5.77. The van der Waals surface area contributed by atoms with Gasteiger partial charge in [0.15, 0.2) is 0 Å². The third-order valence-corrected chi connectivity index (χ3v) is 6.49. The van der Waals surface area contributed by atoms with Gasteiger partial charge in [0.1, 0.15) is 11.6 Å². The van der Waals surface area contributed by atoms with Crippen LogP contribution in [0.1, 0.15) is 72.8 Å². The van der Waals surface area contributed by atoms with Gasteiger partial charge in [-0.05, 0) is 58.4 Å². The quantitative estimate of drug-likeness (QED) is 0.482. The third kappa shape index (κ3) is 8.84. The molecule has 0 saturated carbocycles. The minimum absolute atomic E-state index is 0.0367. The second kappa shape index (κ2) is 12.9. The van der Waals surface area contributed by atoms with Crippen molar-refractivity contribution in [3.8, 4) is 0 Å². The highest BCUT2D eigenvalue weighted by Gasteiger charge is 2.47. The molecule has 2 N–H and O–H groups in total. The van der Waals surface area contributed by atoms with E-state index in [1.807, 2.05) is 58.0 Å². The first-order valence-corrected chi connectivity index (χ1v) is 12.6. The van der Waals surface area contributed by atoms with Crippen LogP contribution in [0.5, 0.6) is 0 Å². The largest absolute Gasteiger partial charge is 0.459 e. The molecular formula is C27H43N3O5. The normalized spacial score (nSPS) is 22.2. The Hall–Kier alpha value is -2.61. The van der Waals surface area contributed by atoms with Crippen molar-refractivity contribution in [2.45, 2.75) is 104 Å². The van der Waals surface area contributed by atoms with E-state index in [4.69, 9.17) is 9.47 Å². The Morgan fingerprint density at radius 1 is 1.17 bits per heavy atom. The summed E-state index contributed by atoms with van der Waals surface area (Å²) in [6.07, 6.45) is 2.49. The number of amides is 2. The predicted octanol–water partition coefficient (Wildman–Crippen LogP) is 4.03. The van der Waals surface area contributed by atoms with E-state index in [1.54, 1.807) is 0 Å². The molecule has 0 bridgehead atoms. The summed E-state index contributed by atoms with van der Waals surface area (Å²) >= 11 is 0. The van der Waals surface area contributed by atoms with Crippen LogP contribution in [-0.2, 0) is 25.6 Å². The number of hydrogen-bond acceptors (Lipinski definition) is 6. The van der Waals surface area contributed by atoms with Gasteiger partial charge in [-0.3, -0.25) is 14.5 Å². The van der Waals surface area contributed by atoms with Gasteiger partial charge in [-0.1, -0.05) is 43.7 Å². The van der Waals surface area contributed by atoms with E-state index in [0.717, 1.165) is 18.4 Å². The standard InChI is InChI=1S/C27H43N3O5/c1-8-12-21(18(2)28-19(3)31)15-23-22(29-26(33)34-7)16-24(25(32)35-27(4,5)6)30(23)17-20-13-10-9-11-14-20/h9-11,13-14,18,21-24H,8,12,15-17H2,1-7H3,(H,28,31)(H,29,33)/t18?,21?,22-,23+,24-/m1/s1. The zero-order valence-electron chi connectivity index (χ0n) is 22.3. The van der Waals surface area contributed by atoms with Crippen molar-refractivity contribution in [1.82, 2.24) is 15.5 Å². The second-order valence-electron chi connectivity index (χ2n) is 10.5. The molecule has 35 heavy (non-hydrogen) atoms. The monoisotopic (exact) mass is 489 g/mol. The van der Waals surface area contributed by atoms with Crippen molar-refractivity contribution in [3.63, 3.8) is 0 Å². The van der Waals surface area contributed by atoms with Crippen LogP contribution in [0.4, 0.5) is 4.79 Å². The Morgan fingerprint density at radius 2 is 1.83 bits per heavy atom. The Morgan fingerprint density at radius 3 is 2.37 bits per heavy atom. The van der Waals surface area contributed by atoms with Gasteiger partial charge in [-0.25, -0.2) is 4.79 Å². The molecule has 0 aliphatic carbocycles. The molecule has 1 aromatic carbocycles. The highest BCUT2D eigenvalue weighted by Crippen LogP contribution is 2.34. The molecular weight excluding hydrogens is 446 g/mol. The van der Waals surface area contributed by atoms with Gasteiger partial charge in [0, 0.05) is 31.6 Å². The van der Waals surface area contributed by atoms with Gasteiger partial charge in [0.05, 0.1) is 7.11 Å². The molecule has 1 saturated heterocycles. The molecule has 2 amide bonds. The van der Waals surface area contributed by atoms with E-state index in [0.29, 0.717) is 19.4 Å². The Balaban J connectivity index is 2.44. The number of benzene rings is 1. The maximum absolute atomic E-state index is 13.3. The number of carbonyl (C=O) groups is 3. The summed E-state index contributed by atoms with van der Waals surface area (Å²) < 4.78 is 10.7. The van der Waals surface area contributed by atoms with Crippen molar-refractivity contribution < 1.29 is 23.9 Å². The Bertz CT molecular complexity index is 839. The van der Waals surface area contributed by atoms with Crippen LogP contribution in [0.2, 0.25) is 0 Å². The van der Waals surface area contributed by atoms with E-state index < -0.39 is 17.7 Å². The zero-order chi connectivity index (χ0) is 26.2. The molecule has 1 aliphatic rings. The summed E-state index contributed by atoms with van der Waals surface area (Å²) in [5, 5.41) is 6.01. The number of nitrogens with zero attached hydrogens (tertiary/aromatic N) is 1. The van der Waals surface area contributed by atoms with Crippen LogP contribution < -0.4 is 10.6 Å². The molecule has 1 aliphatic heterocycles. The fraction of sp³-hybridized carbons (Fsp3) is 0.667. The number of esters is 1. The van der Waals surface area contributed by atoms with E-state index in [2.05, 4.69) is 22.5 Å². The fourth-order valence-corrected chi connectivity index (χ4v) is 4.97. The van der Waals surface area contributed by atoms with E-state index in [1.165, 1.54) is 14.0 Å². The molecule has 0 radical (unpaired) electrons. The van der Waals surface area contributed by atoms with Gasteiger partial charge in [-0.2, -0.15) is 0 Å². The Kier molecular flexibility index (Phi) is 10.6. The van der Waals surface area contributed by atoms with E-state index in [-0.39, 0.29) is 35.9 Å².